The van der Waals surface area contributed by atoms with Crippen LogP contribution >= 0.6 is 11.6 Å². The smallest absolute Gasteiger partial charge is 0.257 e. The lowest BCUT2D eigenvalue weighted by atomic mass is 10.0. The van der Waals surface area contributed by atoms with Crippen LogP contribution in [0.2, 0.25) is 5.15 Å². The standard InChI is InChI=1S/C27H28ClN3O3/c1-30-16-7-8-17-31(27(33)23-13-9-15-29-25(23)28)21(18-20-10-3-2-4-11-20)19-34-24-14-6-5-12-22(24)26(30)32/h2-6,9-15,21H,7-8,16-19H2,1H3/t21-/m0/s1. The summed E-state index contributed by atoms with van der Waals surface area (Å²) in [5.74, 6) is 0.285. The van der Waals surface area contributed by atoms with Crippen LogP contribution in [0.3, 0.4) is 0 Å². The van der Waals surface area contributed by atoms with Crippen molar-refractivity contribution in [2.75, 3.05) is 26.7 Å². The van der Waals surface area contributed by atoms with E-state index in [-0.39, 0.29) is 29.6 Å². The summed E-state index contributed by atoms with van der Waals surface area (Å²) < 4.78 is 6.22. The van der Waals surface area contributed by atoms with Gasteiger partial charge in [-0.15, -0.1) is 0 Å². The number of hydrogen-bond acceptors (Lipinski definition) is 4. The van der Waals surface area contributed by atoms with E-state index in [0.29, 0.717) is 36.4 Å². The number of carbonyl (C=O) groups excluding carboxylic acids is 2. The topological polar surface area (TPSA) is 62.7 Å². The molecule has 0 spiro atoms. The number of amides is 2. The molecule has 2 heterocycles. The summed E-state index contributed by atoms with van der Waals surface area (Å²) in [6, 6.07) is 20.5. The zero-order valence-corrected chi connectivity index (χ0v) is 19.9. The Morgan fingerprint density at radius 3 is 2.56 bits per heavy atom. The van der Waals surface area contributed by atoms with Crippen molar-refractivity contribution in [2.24, 2.45) is 0 Å². The molecule has 1 aliphatic rings. The van der Waals surface area contributed by atoms with E-state index in [1.165, 1.54) is 0 Å². The van der Waals surface area contributed by atoms with Crippen molar-refractivity contribution in [3.05, 3.63) is 94.8 Å². The van der Waals surface area contributed by atoms with Crippen molar-refractivity contribution in [3.63, 3.8) is 0 Å². The van der Waals surface area contributed by atoms with Crippen LogP contribution in [-0.2, 0) is 6.42 Å². The predicted molar refractivity (Wildman–Crippen MR) is 132 cm³/mol. The van der Waals surface area contributed by atoms with Crippen LogP contribution in [0, 0.1) is 0 Å². The van der Waals surface area contributed by atoms with Gasteiger partial charge in [0.2, 0.25) is 0 Å². The lowest BCUT2D eigenvalue weighted by Gasteiger charge is -2.33. The Morgan fingerprint density at radius 2 is 1.76 bits per heavy atom. The third-order valence-electron chi connectivity index (χ3n) is 6.04. The second kappa shape index (κ2) is 11.2. The number of fused-ring (bicyclic) bond motifs is 1. The molecule has 176 valence electrons. The van der Waals surface area contributed by atoms with Crippen LogP contribution < -0.4 is 4.74 Å². The fourth-order valence-electron chi connectivity index (χ4n) is 4.19. The Kier molecular flexibility index (Phi) is 7.80. The van der Waals surface area contributed by atoms with Gasteiger partial charge in [-0.25, -0.2) is 4.98 Å². The Morgan fingerprint density at radius 1 is 1.03 bits per heavy atom. The van der Waals surface area contributed by atoms with Crippen LogP contribution in [-0.4, -0.2) is 59.4 Å². The van der Waals surface area contributed by atoms with Gasteiger partial charge in [-0.3, -0.25) is 9.59 Å². The molecule has 34 heavy (non-hydrogen) atoms. The molecule has 6 nitrogen and oxygen atoms in total. The van der Waals surface area contributed by atoms with Gasteiger partial charge in [-0.1, -0.05) is 54.1 Å². The van der Waals surface area contributed by atoms with Gasteiger partial charge in [0.1, 0.15) is 17.5 Å². The van der Waals surface area contributed by atoms with Crippen LogP contribution in [0.5, 0.6) is 5.75 Å². The molecule has 1 aliphatic heterocycles. The van der Waals surface area contributed by atoms with Crippen molar-refractivity contribution >= 4 is 23.4 Å². The molecule has 0 saturated heterocycles. The highest BCUT2D eigenvalue weighted by molar-refractivity contribution is 6.32. The molecule has 0 N–H and O–H groups in total. The van der Waals surface area contributed by atoms with Gasteiger partial charge in [0.15, 0.2) is 0 Å². The molecule has 0 unspecified atom stereocenters. The van der Waals surface area contributed by atoms with Crippen molar-refractivity contribution in [2.45, 2.75) is 25.3 Å². The third-order valence-corrected chi connectivity index (χ3v) is 6.34. The molecular weight excluding hydrogens is 450 g/mol. The minimum absolute atomic E-state index is 0.0640. The zero-order chi connectivity index (χ0) is 23.9. The average Bonchev–Trinajstić information content (AvgIpc) is 2.86. The van der Waals surface area contributed by atoms with Crippen LogP contribution in [0.1, 0.15) is 39.1 Å². The maximum absolute atomic E-state index is 13.7. The summed E-state index contributed by atoms with van der Waals surface area (Å²) >= 11 is 6.29. The van der Waals surface area contributed by atoms with Crippen molar-refractivity contribution in [1.82, 2.24) is 14.8 Å². The average molecular weight is 478 g/mol. The van der Waals surface area contributed by atoms with Gasteiger partial charge in [-0.05, 0) is 49.1 Å². The third kappa shape index (κ3) is 5.57. The zero-order valence-electron chi connectivity index (χ0n) is 19.2. The number of carbonyl (C=O) groups is 2. The van der Waals surface area contributed by atoms with Crippen molar-refractivity contribution in [3.8, 4) is 5.75 Å². The van der Waals surface area contributed by atoms with Gasteiger partial charge in [0, 0.05) is 26.3 Å². The summed E-state index contributed by atoms with van der Waals surface area (Å²) in [5.41, 5.74) is 2.00. The summed E-state index contributed by atoms with van der Waals surface area (Å²) in [5, 5.41) is 0.189. The molecule has 0 bridgehead atoms. The predicted octanol–water partition coefficient (Wildman–Crippen LogP) is 4.73. The van der Waals surface area contributed by atoms with Gasteiger partial charge in [-0.2, -0.15) is 0 Å². The SMILES string of the molecule is CN1CCCCN(C(=O)c2cccnc2Cl)[C@@H](Cc2ccccc2)COc2ccccc2C1=O. The van der Waals surface area contributed by atoms with Gasteiger partial charge >= 0.3 is 0 Å². The monoisotopic (exact) mass is 477 g/mol. The van der Waals surface area contributed by atoms with E-state index in [4.69, 9.17) is 16.3 Å². The molecule has 0 fully saturated rings. The Balaban J connectivity index is 1.70. The van der Waals surface area contributed by atoms with E-state index in [0.717, 1.165) is 18.4 Å². The van der Waals surface area contributed by atoms with E-state index in [1.807, 2.05) is 47.4 Å². The number of rotatable bonds is 3. The molecule has 0 aliphatic carbocycles. The fraction of sp³-hybridized carbons (Fsp3) is 0.296. The van der Waals surface area contributed by atoms with E-state index in [1.54, 1.807) is 42.4 Å². The van der Waals surface area contributed by atoms with E-state index < -0.39 is 0 Å². The summed E-state index contributed by atoms with van der Waals surface area (Å²) in [6.45, 7) is 1.35. The first-order valence-electron chi connectivity index (χ1n) is 11.5. The van der Waals surface area contributed by atoms with Gasteiger partial charge in [0.05, 0.1) is 17.2 Å². The van der Waals surface area contributed by atoms with E-state index >= 15 is 0 Å². The lowest BCUT2D eigenvalue weighted by Crippen LogP contribution is -2.46. The maximum Gasteiger partial charge on any atom is 0.257 e. The molecule has 7 heteroatoms. The maximum atomic E-state index is 13.7. The van der Waals surface area contributed by atoms with Gasteiger partial charge in [0.25, 0.3) is 11.8 Å². The molecule has 1 aromatic heterocycles. The van der Waals surface area contributed by atoms with Crippen molar-refractivity contribution < 1.29 is 14.3 Å². The first kappa shape index (κ1) is 23.8. The normalized spacial score (nSPS) is 17.2. The number of hydrogen-bond donors (Lipinski definition) is 0. The fourth-order valence-corrected chi connectivity index (χ4v) is 4.39. The minimum Gasteiger partial charge on any atom is -0.491 e. The second-order valence-corrected chi connectivity index (χ2v) is 8.78. The number of aromatic nitrogens is 1. The summed E-state index contributed by atoms with van der Waals surface area (Å²) in [7, 11) is 1.79. The number of benzene rings is 2. The Hall–Kier alpha value is -3.38. The Labute approximate surface area is 205 Å². The quantitative estimate of drug-likeness (QED) is 0.511. The Bertz CT molecular complexity index is 1140. The first-order chi connectivity index (χ1) is 16.5. The number of para-hydroxylation sites is 1. The van der Waals surface area contributed by atoms with Crippen molar-refractivity contribution in [1.29, 1.82) is 0 Å². The molecular formula is C27H28ClN3O3. The van der Waals surface area contributed by atoms with Gasteiger partial charge < -0.3 is 14.5 Å². The molecule has 2 aromatic carbocycles. The highest BCUT2D eigenvalue weighted by Gasteiger charge is 2.28. The van der Waals surface area contributed by atoms with E-state index in [9.17, 15) is 9.59 Å². The minimum atomic E-state index is -0.258. The highest BCUT2D eigenvalue weighted by atomic mass is 35.5. The molecule has 2 amide bonds. The van der Waals surface area contributed by atoms with Crippen LogP contribution in [0.25, 0.3) is 0 Å². The summed E-state index contributed by atoms with van der Waals surface area (Å²) in [6.07, 6.45) is 3.70. The largest absolute Gasteiger partial charge is 0.491 e. The number of halogens is 1. The molecule has 1 atom stereocenters. The number of nitrogens with zero attached hydrogens (tertiary/aromatic N) is 3. The second-order valence-electron chi connectivity index (χ2n) is 8.42. The number of ether oxygens (including phenoxy) is 1. The van der Waals surface area contributed by atoms with Crippen LogP contribution in [0.15, 0.2) is 72.9 Å². The summed E-state index contributed by atoms with van der Waals surface area (Å²) in [4.78, 5) is 34.3. The molecule has 0 saturated carbocycles. The van der Waals surface area contributed by atoms with E-state index in [2.05, 4.69) is 4.98 Å². The highest BCUT2D eigenvalue weighted by Crippen LogP contribution is 2.24. The molecule has 4 rings (SSSR count). The molecule has 0 radical (unpaired) electrons. The number of pyridine rings is 1. The first-order valence-corrected chi connectivity index (χ1v) is 11.8. The van der Waals surface area contributed by atoms with Crippen LogP contribution in [0.4, 0.5) is 0 Å². The molecule has 3 aromatic rings. The lowest BCUT2D eigenvalue weighted by molar-refractivity contribution is 0.0590.